The van der Waals surface area contributed by atoms with Crippen molar-refractivity contribution in [2.45, 2.75) is 37.8 Å². The summed E-state index contributed by atoms with van der Waals surface area (Å²) in [6.07, 6.45) is 7.36. The Hall–Kier alpha value is -0.850. The Morgan fingerprint density at radius 3 is 2.70 bits per heavy atom. The third kappa shape index (κ3) is 2.64. The number of aromatic nitrogens is 1. The standard InChI is InChI=1S/C14H23N3O2S/c1-20(18,19)17-10-4-7-14(17)6-3-9-16(12-14)11-13-5-2-8-15-13/h2,5,8,15H,3-4,6-7,9-12H2,1H3/t14-/m0/s1. The molecule has 2 fully saturated rings. The quantitative estimate of drug-likeness (QED) is 0.917. The first-order valence-corrected chi connectivity index (χ1v) is 9.17. The molecule has 20 heavy (non-hydrogen) atoms. The van der Waals surface area contributed by atoms with Gasteiger partial charge in [-0.3, -0.25) is 4.90 Å². The van der Waals surface area contributed by atoms with Crippen LogP contribution >= 0.6 is 0 Å². The first kappa shape index (κ1) is 14.1. The third-order valence-electron chi connectivity index (χ3n) is 4.62. The van der Waals surface area contributed by atoms with Gasteiger partial charge in [-0.05, 0) is 44.4 Å². The van der Waals surface area contributed by atoms with Crippen molar-refractivity contribution in [3.8, 4) is 0 Å². The Morgan fingerprint density at radius 2 is 2.05 bits per heavy atom. The molecule has 2 saturated heterocycles. The molecule has 1 aromatic heterocycles. The molecule has 2 aliphatic heterocycles. The fraction of sp³-hybridized carbons (Fsp3) is 0.714. The topological polar surface area (TPSA) is 56.4 Å². The number of H-pyrrole nitrogens is 1. The minimum atomic E-state index is -3.10. The number of sulfonamides is 1. The molecule has 112 valence electrons. The Balaban J connectivity index is 1.77. The largest absolute Gasteiger partial charge is 0.364 e. The van der Waals surface area contributed by atoms with Gasteiger partial charge in [-0.2, -0.15) is 4.31 Å². The number of likely N-dealkylation sites (tertiary alicyclic amines) is 1. The van der Waals surface area contributed by atoms with Gasteiger partial charge in [-0.25, -0.2) is 8.42 Å². The van der Waals surface area contributed by atoms with Crippen molar-refractivity contribution in [3.05, 3.63) is 24.0 Å². The third-order valence-corrected chi connectivity index (χ3v) is 5.99. The Kier molecular flexibility index (Phi) is 3.64. The molecule has 1 spiro atoms. The first-order chi connectivity index (χ1) is 9.50. The zero-order chi connectivity index (χ0) is 14.2. The molecular weight excluding hydrogens is 274 g/mol. The number of nitrogens with zero attached hydrogens (tertiary/aromatic N) is 2. The summed E-state index contributed by atoms with van der Waals surface area (Å²) in [7, 11) is -3.10. The highest BCUT2D eigenvalue weighted by atomic mass is 32.2. The van der Waals surface area contributed by atoms with Gasteiger partial charge >= 0.3 is 0 Å². The average molecular weight is 297 g/mol. The molecule has 3 rings (SSSR count). The van der Waals surface area contributed by atoms with E-state index in [1.807, 2.05) is 12.3 Å². The predicted octanol–water partition coefficient (Wildman–Crippen LogP) is 1.40. The van der Waals surface area contributed by atoms with Crippen LogP contribution in [0.3, 0.4) is 0 Å². The number of nitrogens with one attached hydrogen (secondary N) is 1. The van der Waals surface area contributed by atoms with Gasteiger partial charge in [-0.1, -0.05) is 0 Å². The van der Waals surface area contributed by atoms with Crippen molar-refractivity contribution >= 4 is 10.0 Å². The summed E-state index contributed by atoms with van der Waals surface area (Å²) in [5, 5.41) is 0. The zero-order valence-electron chi connectivity index (χ0n) is 12.0. The van der Waals surface area contributed by atoms with Crippen LogP contribution in [0.15, 0.2) is 18.3 Å². The van der Waals surface area contributed by atoms with Crippen LogP contribution in [0.4, 0.5) is 0 Å². The van der Waals surface area contributed by atoms with Crippen LogP contribution < -0.4 is 0 Å². The van der Waals surface area contributed by atoms with Gasteiger partial charge in [0.2, 0.25) is 10.0 Å². The van der Waals surface area contributed by atoms with Crippen molar-refractivity contribution < 1.29 is 8.42 Å². The molecule has 0 saturated carbocycles. The zero-order valence-corrected chi connectivity index (χ0v) is 12.8. The van der Waals surface area contributed by atoms with E-state index in [0.29, 0.717) is 6.54 Å². The summed E-state index contributed by atoms with van der Waals surface area (Å²) >= 11 is 0. The normalized spacial score (nSPS) is 29.2. The van der Waals surface area contributed by atoms with Gasteiger partial charge in [0.15, 0.2) is 0 Å². The van der Waals surface area contributed by atoms with E-state index >= 15 is 0 Å². The maximum absolute atomic E-state index is 12.0. The lowest BCUT2D eigenvalue weighted by atomic mass is 9.87. The summed E-state index contributed by atoms with van der Waals surface area (Å²) < 4.78 is 25.8. The van der Waals surface area contributed by atoms with Crippen LogP contribution in [0, 0.1) is 0 Å². The highest BCUT2D eigenvalue weighted by Crippen LogP contribution is 2.39. The van der Waals surface area contributed by atoms with Crippen molar-refractivity contribution in [2.24, 2.45) is 0 Å². The molecule has 5 nitrogen and oxygen atoms in total. The summed E-state index contributed by atoms with van der Waals surface area (Å²) in [6.45, 7) is 3.49. The Morgan fingerprint density at radius 1 is 1.30 bits per heavy atom. The lowest BCUT2D eigenvalue weighted by molar-refractivity contribution is 0.0834. The van der Waals surface area contributed by atoms with Crippen LogP contribution in [0.5, 0.6) is 0 Å². The number of rotatable bonds is 3. The second-order valence-corrected chi connectivity index (χ2v) is 8.08. The van der Waals surface area contributed by atoms with Crippen LogP contribution in [0.2, 0.25) is 0 Å². The van der Waals surface area contributed by atoms with Gasteiger partial charge < -0.3 is 4.98 Å². The molecule has 0 amide bonds. The number of hydrogen-bond acceptors (Lipinski definition) is 3. The lowest BCUT2D eigenvalue weighted by Crippen LogP contribution is -2.56. The van der Waals surface area contributed by atoms with Gasteiger partial charge in [0, 0.05) is 37.1 Å². The molecule has 2 aliphatic rings. The van der Waals surface area contributed by atoms with Crippen LogP contribution in [0.25, 0.3) is 0 Å². The van der Waals surface area contributed by atoms with E-state index < -0.39 is 10.0 Å². The maximum atomic E-state index is 12.0. The van der Waals surface area contributed by atoms with Crippen molar-refractivity contribution in [1.29, 1.82) is 0 Å². The molecule has 0 radical (unpaired) electrons. The van der Waals surface area contributed by atoms with Crippen molar-refractivity contribution in [2.75, 3.05) is 25.9 Å². The molecular formula is C14H23N3O2S. The first-order valence-electron chi connectivity index (χ1n) is 7.32. The average Bonchev–Trinajstić information content (AvgIpc) is 2.99. The van der Waals surface area contributed by atoms with E-state index in [9.17, 15) is 8.42 Å². The highest BCUT2D eigenvalue weighted by Gasteiger charge is 2.47. The van der Waals surface area contributed by atoms with E-state index in [2.05, 4.69) is 16.0 Å². The number of hydrogen-bond donors (Lipinski definition) is 1. The van der Waals surface area contributed by atoms with Crippen LogP contribution in [-0.2, 0) is 16.6 Å². The summed E-state index contributed by atoms with van der Waals surface area (Å²) in [5.74, 6) is 0. The van der Waals surface area contributed by atoms with Gasteiger partial charge in [0.1, 0.15) is 0 Å². The molecule has 0 unspecified atom stereocenters. The highest BCUT2D eigenvalue weighted by molar-refractivity contribution is 7.88. The Labute approximate surface area is 121 Å². The van der Waals surface area contributed by atoms with Gasteiger partial charge in [0.05, 0.1) is 6.26 Å². The van der Waals surface area contributed by atoms with E-state index in [1.165, 1.54) is 11.9 Å². The molecule has 1 aromatic rings. The molecule has 3 heterocycles. The summed E-state index contributed by atoms with van der Waals surface area (Å²) in [4.78, 5) is 5.62. The monoisotopic (exact) mass is 297 g/mol. The number of piperidine rings is 1. The van der Waals surface area contributed by atoms with E-state index in [-0.39, 0.29) is 5.54 Å². The SMILES string of the molecule is CS(=O)(=O)N1CCC[C@]12CCCN(Cc1ccc[nH]1)C2. The van der Waals surface area contributed by atoms with Crippen molar-refractivity contribution in [1.82, 2.24) is 14.2 Å². The second-order valence-electron chi connectivity index (χ2n) is 6.17. The summed E-state index contributed by atoms with van der Waals surface area (Å²) in [5.41, 5.74) is 1.05. The van der Waals surface area contributed by atoms with E-state index in [0.717, 1.165) is 45.3 Å². The van der Waals surface area contributed by atoms with E-state index in [4.69, 9.17) is 0 Å². The fourth-order valence-corrected chi connectivity index (χ4v) is 5.29. The molecule has 0 aliphatic carbocycles. The van der Waals surface area contributed by atoms with Crippen LogP contribution in [0.1, 0.15) is 31.4 Å². The molecule has 1 atom stereocenters. The fourth-order valence-electron chi connectivity index (χ4n) is 3.89. The van der Waals surface area contributed by atoms with E-state index in [1.54, 1.807) is 4.31 Å². The maximum Gasteiger partial charge on any atom is 0.211 e. The molecule has 6 heteroatoms. The molecule has 0 bridgehead atoms. The second kappa shape index (κ2) is 5.16. The smallest absolute Gasteiger partial charge is 0.211 e. The van der Waals surface area contributed by atoms with Gasteiger partial charge in [-0.15, -0.1) is 0 Å². The minimum Gasteiger partial charge on any atom is -0.364 e. The predicted molar refractivity (Wildman–Crippen MR) is 78.8 cm³/mol. The molecule has 0 aromatic carbocycles. The lowest BCUT2D eigenvalue weighted by Gasteiger charge is -2.44. The van der Waals surface area contributed by atoms with Crippen LogP contribution in [-0.4, -0.2) is 54.0 Å². The minimum absolute atomic E-state index is 0.154. The molecule has 1 N–H and O–H groups in total. The Bertz CT molecular complexity index is 555. The van der Waals surface area contributed by atoms with Gasteiger partial charge in [0.25, 0.3) is 0 Å². The van der Waals surface area contributed by atoms with Crippen molar-refractivity contribution in [3.63, 3.8) is 0 Å². The number of aromatic amines is 1. The summed E-state index contributed by atoms with van der Waals surface area (Å²) in [6, 6.07) is 4.09.